The fraction of sp³-hybridized carbons (Fsp3) is 0.867. The minimum absolute atomic E-state index is 0.104. The van der Waals surface area contributed by atoms with Crippen molar-refractivity contribution in [1.82, 2.24) is 15.5 Å². The van der Waals surface area contributed by atoms with Gasteiger partial charge in [0.2, 0.25) is 11.8 Å². The van der Waals surface area contributed by atoms with E-state index in [1.165, 1.54) is 0 Å². The molecule has 6 heteroatoms. The Labute approximate surface area is 127 Å². The molecule has 0 unspecified atom stereocenters. The van der Waals surface area contributed by atoms with Crippen LogP contribution in [0.4, 0.5) is 0 Å². The molecule has 0 aromatic carbocycles. The van der Waals surface area contributed by atoms with Crippen LogP contribution < -0.4 is 10.6 Å². The molecule has 2 amide bonds. The van der Waals surface area contributed by atoms with Gasteiger partial charge in [-0.3, -0.25) is 9.59 Å². The van der Waals surface area contributed by atoms with Crippen LogP contribution in [-0.2, 0) is 14.3 Å². The first-order valence-electron chi connectivity index (χ1n) is 7.77. The predicted octanol–water partition coefficient (Wildman–Crippen LogP) is 0.377. The summed E-state index contributed by atoms with van der Waals surface area (Å²) in [5, 5.41) is 6.05. The lowest BCUT2D eigenvalue weighted by molar-refractivity contribution is -0.145. The fourth-order valence-corrected chi connectivity index (χ4v) is 3.00. The van der Waals surface area contributed by atoms with Crippen LogP contribution in [0.5, 0.6) is 0 Å². The number of rotatable bonds is 8. The lowest BCUT2D eigenvalue weighted by atomic mass is 9.74. The van der Waals surface area contributed by atoms with Crippen LogP contribution in [0.25, 0.3) is 0 Å². The minimum Gasteiger partial charge on any atom is -0.383 e. The van der Waals surface area contributed by atoms with Crippen LogP contribution in [-0.4, -0.2) is 63.7 Å². The van der Waals surface area contributed by atoms with E-state index in [9.17, 15) is 9.59 Å². The van der Waals surface area contributed by atoms with E-state index < -0.39 is 0 Å². The summed E-state index contributed by atoms with van der Waals surface area (Å²) in [7, 11) is 3.31. The third-order valence-electron chi connectivity index (χ3n) is 4.10. The highest BCUT2D eigenvalue weighted by Gasteiger charge is 2.40. The van der Waals surface area contributed by atoms with Crippen LogP contribution >= 0.6 is 0 Å². The Morgan fingerprint density at radius 1 is 1.33 bits per heavy atom. The van der Waals surface area contributed by atoms with Gasteiger partial charge in [0, 0.05) is 20.7 Å². The zero-order chi connectivity index (χ0) is 15.7. The number of hydrogen-bond donors (Lipinski definition) is 2. The fourth-order valence-electron chi connectivity index (χ4n) is 3.00. The molecule has 0 bridgehead atoms. The van der Waals surface area contributed by atoms with Gasteiger partial charge in [-0.2, -0.15) is 0 Å². The van der Waals surface area contributed by atoms with Gasteiger partial charge in [0.25, 0.3) is 0 Å². The van der Waals surface area contributed by atoms with Crippen molar-refractivity contribution in [1.29, 1.82) is 0 Å². The summed E-state index contributed by atoms with van der Waals surface area (Å²) in [6.45, 7) is 4.92. The molecule has 1 heterocycles. The maximum Gasteiger partial charge on any atom is 0.239 e. The summed E-state index contributed by atoms with van der Waals surface area (Å²) in [6.07, 6.45) is 3.59. The Kier molecular flexibility index (Phi) is 7.67. The second kappa shape index (κ2) is 9.00. The third-order valence-corrected chi connectivity index (χ3v) is 4.10. The summed E-state index contributed by atoms with van der Waals surface area (Å²) in [5.41, 5.74) is -0.290. The number of nitrogens with one attached hydrogen (secondary N) is 2. The molecule has 0 aromatic rings. The van der Waals surface area contributed by atoms with Crippen molar-refractivity contribution in [2.24, 2.45) is 5.41 Å². The smallest absolute Gasteiger partial charge is 0.239 e. The first-order valence-corrected chi connectivity index (χ1v) is 7.77. The van der Waals surface area contributed by atoms with Gasteiger partial charge in [-0.15, -0.1) is 0 Å². The van der Waals surface area contributed by atoms with Crippen molar-refractivity contribution in [3.8, 4) is 0 Å². The number of hydrogen-bond acceptors (Lipinski definition) is 4. The van der Waals surface area contributed by atoms with Crippen LogP contribution in [0, 0.1) is 5.41 Å². The van der Waals surface area contributed by atoms with Crippen molar-refractivity contribution in [2.75, 3.05) is 46.9 Å². The number of amides is 2. The zero-order valence-corrected chi connectivity index (χ0v) is 13.5. The largest absolute Gasteiger partial charge is 0.383 e. The maximum atomic E-state index is 12.8. The van der Waals surface area contributed by atoms with E-state index >= 15 is 0 Å². The normalized spacial score (nSPS) is 17.3. The predicted molar refractivity (Wildman–Crippen MR) is 82.0 cm³/mol. The molecule has 0 aliphatic carbocycles. The van der Waals surface area contributed by atoms with Crippen LogP contribution in [0.15, 0.2) is 0 Å². The van der Waals surface area contributed by atoms with E-state index in [0.717, 1.165) is 38.8 Å². The van der Waals surface area contributed by atoms with Gasteiger partial charge in [0.1, 0.15) is 0 Å². The van der Waals surface area contributed by atoms with Crippen LogP contribution in [0.1, 0.15) is 32.6 Å². The van der Waals surface area contributed by atoms with Crippen molar-refractivity contribution >= 4 is 11.8 Å². The Bertz CT molecular complexity index is 336. The standard InChI is InChI=1S/C15H29N3O3/c1-4-5-15(6-8-16-9-7-15)14(20)18(2)12-13(19)17-10-11-21-3/h16H,4-12H2,1-3H3,(H,17,19). The Hall–Kier alpha value is -1.14. The monoisotopic (exact) mass is 299 g/mol. The van der Waals surface area contributed by atoms with E-state index in [4.69, 9.17) is 4.74 Å². The number of ether oxygens (including phenoxy) is 1. The number of likely N-dealkylation sites (N-methyl/N-ethyl adjacent to an activating group) is 1. The molecule has 0 aromatic heterocycles. The molecule has 1 rings (SSSR count). The zero-order valence-electron chi connectivity index (χ0n) is 13.5. The number of carbonyl (C=O) groups excluding carboxylic acids is 2. The first-order chi connectivity index (χ1) is 10.1. The average Bonchev–Trinajstić information content (AvgIpc) is 2.48. The number of methoxy groups -OCH3 is 1. The molecule has 6 nitrogen and oxygen atoms in total. The van der Waals surface area contributed by atoms with Gasteiger partial charge in [-0.1, -0.05) is 13.3 Å². The molecular weight excluding hydrogens is 270 g/mol. The third kappa shape index (κ3) is 5.28. The van der Waals surface area contributed by atoms with Gasteiger partial charge in [0.15, 0.2) is 0 Å². The number of piperidine rings is 1. The quantitative estimate of drug-likeness (QED) is 0.636. The van der Waals surface area contributed by atoms with Crippen LogP contribution in [0.2, 0.25) is 0 Å². The van der Waals surface area contributed by atoms with Gasteiger partial charge < -0.3 is 20.3 Å². The summed E-state index contributed by atoms with van der Waals surface area (Å²) in [6, 6.07) is 0. The van der Waals surface area contributed by atoms with E-state index in [0.29, 0.717) is 13.2 Å². The van der Waals surface area contributed by atoms with Crippen molar-refractivity contribution in [2.45, 2.75) is 32.6 Å². The summed E-state index contributed by atoms with van der Waals surface area (Å²) < 4.78 is 4.89. The summed E-state index contributed by atoms with van der Waals surface area (Å²) in [4.78, 5) is 26.1. The molecule has 0 atom stereocenters. The van der Waals surface area contributed by atoms with Gasteiger partial charge in [-0.05, 0) is 32.4 Å². The second-order valence-corrected chi connectivity index (χ2v) is 5.78. The van der Waals surface area contributed by atoms with E-state index in [2.05, 4.69) is 17.6 Å². The van der Waals surface area contributed by atoms with Gasteiger partial charge in [0.05, 0.1) is 18.6 Å². The molecular formula is C15H29N3O3. The summed E-state index contributed by atoms with van der Waals surface area (Å²) in [5.74, 6) is -0.0313. The highest BCUT2D eigenvalue weighted by Crippen LogP contribution is 2.35. The Morgan fingerprint density at radius 3 is 2.57 bits per heavy atom. The Morgan fingerprint density at radius 2 is 2.00 bits per heavy atom. The molecule has 122 valence electrons. The van der Waals surface area contributed by atoms with Gasteiger partial charge in [-0.25, -0.2) is 0 Å². The lowest BCUT2D eigenvalue weighted by Gasteiger charge is -2.38. The van der Waals surface area contributed by atoms with Crippen molar-refractivity contribution < 1.29 is 14.3 Å². The molecule has 0 spiro atoms. The summed E-state index contributed by atoms with van der Waals surface area (Å²) >= 11 is 0. The molecule has 1 aliphatic rings. The number of nitrogens with zero attached hydrogens (tertiary/aromatic N) is 1. The van der Waals surface area contributed by atoms with E-state index in [1.54, 1.807) is 19.1 Å². The average molecular weight is 299 g/mol. The Balaban J connectivity index is 2.55. The molecule has 1 aliphatic heterocycles. The maximum absolute atomic E-state index is 12.8. The van der Waals surface area contributed by atoms with Crippen molar-refractivity contribution in [3.63, 3.8) is 0 Å². The van der Waals surface area contributed by atoms with Crippen molar-refractivity contribution in [3.05, 3.63) is 0 Å². The highest BCUT2D eigenvalue weighted by molar-refractivity contribution is 5.87. The molecule has 1 fully saturated rings. The molecule has 0 saturated carbocycles. The lowest BCUT2D eigenvalue weighted by Crippen LogP contribution is -2.50. The second-order valence-electron chi connectivity index (χ2n) is 5.78. The van der Waals surface area contributed by atoms with Crippen LogP contribution in [0.3, 0.4) is 0 Å². The SMILES string of the molecule is CCCC1(C(=O)N(C)CC(=O)NCCOC)CCNCC1. The number of carbonyl (C=O) groups is 2. The van der Waals surface area contributed by atoms with E-state index in [-0.39, 0.29) is 23.8 Å². The van der Waals surface area contributed by atoms with Gasteiger partial charge >= 0.3 is 0 Å². The molecule has 21 heavy (non-hydrogen) atoms. The molecule has 0 radical (unpaired) electrons. The molecule has 1 saturated heterocycles. The first kappa shape index (κ1) is 17.9. The van der Waals surface area contributed by atoms with E-state index in [1.807, 2.05) is 0 Å². The molecule has 2 N–H and O–H groups in total. The topological polar surface area (TPSA) is 70.7 Å². The minimum atomic E-state index is -0.290. The highest BCUT2D eigenvalue weighted by atomic mass is 16.5.